The van der Waals surface area contributed by atoms with Crippen molar-refractivity contribution in [2.45, 2.75) is 103 Å². The molecule has 1 unspecified atom stereocenters. The second-order valence-corrected chi connectivity index (χ2v) is 11.0. The van der Waals surface area contributed by atoms with Gasteiger partial charge in [0.25, 0.3) is 0 Å². The molecule has 3 aliphatic rings. The van der Waals surface area contributed by atoms with Gasteiger partial charge in [-0.15, -0.1) is 0 Å². The minimum atomic E-state index is -0.724. The zero-order valence-corrected chi connectivity index (χ0v) is 20.3. The Morgan fingerprint density at radius 1 is 1.13 bits per heavy atom. The average Bonchev–Trinajstić information content (AvgIpc) is 3.20. The van der Waals surface area contributed by atoms with Crippen molar-refractivity contribution in [3.63, 3.8) is 0 Å². The van der Waals surface area contributed by atoms with Gasteiger partial charge in [-0.2, -0.15) is 0 Å². The predicted octanol–water partition coefficient (Wildman–Crippen LogP) is 3.43. The number of likely N-dealkylation sites (tertiary alicyclic amines) is 1. The van der Waals surface area contributed by atoms with Crippen LogP contribution in [-0.4, -0.2) is 73.3 Å². The highest BCUT2D eigenvalue weighted by Gasteiger charge is 2.62. The molecule has 0 aromatic heterocycles. The fourth-order valence-electron chi connectivity index (χ4n) is 4.94. The molecular formula is C22H38BNO7. The van der Waals surface area contributed by atoms with E-state index in [2.05, 4.69) is 0 Å². The summed E-state index contributed by atoms with van der Waals surface area (Å²) in [6, 6.07) is -0.724. The quantitative estimate of drug-likeness (QED) is 0.479. The first-order chi connectivity index (χ1) is 14.2. The normalized spacial score (nSPS) is 31.6. The second kappa shape index (κ2) is 8.23. The summed E-state index contributed by atoms with van der Waals surface area (Å²) in [6.07, 6.45) is 2.17. The van der Waals surface area contributed by atoms with Crippen molar-refractivity contribution in [1.29, 1.82) is 0 Å². The molecule has 8 nitrogen and oxygen atoms in total. The molecule has 0 aliphatic carbocycles. The van der Waals surface area contributed by atoms with Gasteiger partial charge >= 0.3 is 19.2 Å². The van der Waals surface area contributed by atoms with Gasteiger partial charge in [-0.1, -0.05) is 6.42 Å². The molecule has 3 fully saturated rings. The fraction of sp³-hybridized carbons (Fsp3) is 0.909. The molecule has 0 bridgehead atoms. The highest BCUT2D eigenvalue weighted by atomic mass is 16.7. The minimum Gasteiger partial charge on any atom is -0.467 e. The summed E-state index contributed by atoms with van der Waals surface area (Å²) in [5.41, 5.74) is -1.89. The van der Waals surface area contributed by atoms with Crippen LogP contribution in [-0.2, 0) is 28.3 Å². The maximum Gasteiger partial charge on any atom is 0.457 e. The van der Waals surface area contributed by atoms with Gasteiger partial charge < -0.3 is 23.5 Å². The lowest BCUT2D eigenvalue weighted by atomic mass is 9.70. The van der Waals surface area contributed by atoms with E-state index in [1.165, 1.54) is 12.0 Å². The van der Waals surface area contributed by atoms with Crippen molar-refractivity contribution < 1.29 is 33.1 Å². The third kappa shape index (κ3) is 4.59. The summed E-state index contributed by atoms with van der Waals surface area (Å²) < 4.78 is 28.9. The van der Waals surface area contributed by atoms with Crippen molar-refractivity contribution in [3.8, 4) is 0 Å². The standard InChI is InChI=1S/C22H38BNO7/c1-19(2,3)29-18(26)24-14-15-22(11-13-28-15,16(24)17(25)27-8)10-9-12-23-30-20(4,5)21(6,7)31-23/h15-16H,9-14H2,1-8H3/t15-,16+,22?/m0/s1. The van der Waals surface area contributed by atoms with E-state index in [0.29, 0.717) is 32.3 Å². The molecule has 31 heavy (non-hydrogen) atoms. The van der Waals surface area contributed by atoms with Gasteiger partial charge in [0.2, 0.25) is 0 Å². The number of hydrogen-bond acceptors (Lipinski definition) is 7. The highest BCUT2D eigenvalue weighted by molar-refractivity contribution is 6.45. The Morgan fingerprint density at radius 2 is 1.74 bits per heavy atom. The summed E-state index contributed by atoms with van der Waals surface area (Å²) in [7, 11) is 1.07. The Labute approximate surface area is 186 Å². The molecule has 0 aromatic rings. The van der Waals surface area contributed by atoms with Crippen LogP contribution in [0.3, 0.4) is 0 Å². The molecule has 3 atom stereocenters. The van der Waals surface area contributed by atoms with Crippen molar-refractivity contribution >= 4 is 19.2 Å². The van der Waals surface area contributed by atoms with Gasteiger partial charge in [0, 0.05) is 12.0 Å². The number of nitrogens with zero attached hydrogens (tertiary/aromatic N) is 1. The van der Waals surface area contributed by atoms with E-state index in [0.717, 1.165) is 6.42 Å². The van der Waals surface area contributed by atoms with Crippen molar-refractivity contribution in [2.24, 2.45) is 5.41 Å². The number of carbonyl (C=O) groups is 2. The SMILES string of the molecule is COC(=O)[C@H]1N(C(=O)OC(C)(C)C)C[C@@H]2OCCC21CCCB1OC(C)(C)C(C)(C)O1. The molecule has 0 saturated carbocycles. The smallest absolute Gasteiger partial charge is 0.457 e. The van der Waals surface area contributed by atoms with Gasteiger partial charge in [0.1, 0.15) is 11.6 Å². The van der Waals surface area contributed by atoms with E-state index in [4.69, 9.17) is 23.5 Å². The molecule has 3 saturated heterocycles. The molecule has 0 radical (unpaired) electrons. The van der Waals surface area contributed by atoms with Crippen LogP contribution >= 0.6 is 0 Å². The molecule has 9 heteroatoms. The first kappa shape index (κ1) is 24.3. The number of ether oxygens (including phenoxy) is 3. The predicted molar refractivity (Wildman–Crippen MR) is 116 cm³/mol. The van der Waals surface area contributed by atoms with E-state index in [1.54, 1.807) is 0 Å². The first-order valence-electron chi connectivity index (χ1n) is 11.3. The number of hydrogen-bond donors (Lipinski definition) is 0. The van der Waals surface area contributed by atoms with Crippen molar-refractivity contribution in [3.05, 3.63) is 0 Å². The van der Waals surface area contributed by atoms with Crippen LogP contribution in [0.2, 0.25) is 6.32 Å². The van der Waals surface area contributed by atoms with E-state index in [1.807, 2.05) is 48.5 Å². The number of carbonyl (C=O) groups excluding carboxylic acids is 2. The molecule has 3 rings (SSSR count). The number of methoxy groups -OCH3 is 1. The summed E-state index contributed by atoms with van der Waals surface area (Å²) in [4.78, 5) is 27.2. The number of amides is 1. The number of fused-ring (bicyclic) bond motifs is 1. The molecule has 0 aromatic carbocycles. The third-order valence-electron chi connectivity index (χ3n) is 7.18. The monoisotopic (exact) mass is 439 g/mol. The Balaban J connectivity index is 1.74. The zero-order valence-electron chi connectivity index (χ0n) is 20.3. The van der Waals surface area contributed by atoms with E-state index in [-0.39, 0.29) is 24.4 Å². The van der Waals surface area contributed by atoms with Crippen LogP contribution in [0.4, 0.5) is 4.79 Å². The fourth-order valence-corrected chi connectivity index (χ4v) is 4.94. The Bertz CT molecular complexity index is 688. The van der Waals surface area contributed by atoms with Crippen LogP contribution in [0.15, 0.2) is 0 Å². The van der Waals surface area contributed by atoms with Gasteiger partial charge in [-0.05, 0) is 67.6 Å². The van der Waals surface area contributed by atoms with Crippen molar-refractivity contribution in [2.75, 3.05) is 20.3 Å². The Morgan fingerprint density at radius 3 is 2.29 bits per heavy atom. The average molecular weight is 439 g/mol. The van der Waals surface area contributed by atoms with E-state index in [9.17, 15) is 9.59 Å². The van der Waals surface area contributed by atoms with Gasteiger partial charge in [-0.3, -0.25) is 4.90 Å². The highest BCUT2D eigenvalue weighted by Crippen LogP contribution is 2.51. The molecule has 0 spiro atoms. The van der Waals surface area contributed by atoms with Crippen LogP contribution in [0.5, 0.6) is 0 Å². The zero-order chi connectivity index (χ0) is 23.2. The second-order valence-electron chi connectivity index (χ2n) is 11.0. The summed E-state index contributed by atoms with van der Waals surface area (Å²) in [6.45, 7) is 14.5. The molecule has 1 amide bonds. The molecule has 3 aliphatic heterocycles. The maximum absolute atomic E-state index is 12.9. The molecular weight excluding hydrogens is 401 g/mol. The minimum absolute atomic E-state index is 0.220. The Hall–Kier alpha value is -1.32. The lowest BCUT2D eigenvalue weighted by Gasteiger charge is -2.35. The summed E-state index contributed by atoms with van der Waals surface area (Å²) in [5.74, 6) is -0.422. The number of esters is 1. The van der Waals surface area contributed by atoms with Crippen LogP contribution < -0.4 is 0 Å². The molecule has 3 heterocycles. The topological polar surface area (TPSA) is 83.5 Å². The number of rotatable bonds is 5. The summed E-state index contributed by atoms with van der Waals surface area (Å²) in [5, 5.41) is 0. The van der Waals surface area contributed by atoms with E-state index >= 15 is 0 Å². The van der Waals surface area contributed by atoms with E-state index < -0.39 is 29.1 Å². The molecule has 176 valence electrons. The third-order valence-corrected chi connectivity index (χ3v) is 7.18. The lowest BCUT2D eigenvalue weighted by molar-refractivity contribution is -0.149. The Kier molecular flexibility index (Phi) is 6.46. The largest absolute Gasteiger partial charge is 0.467 e. The van der Waals surface area contributed by atoms with Crippen LogP contribution in [0.25, 0.3) is 0 Å². The summed E-state index contributed by atoms with van der Waals surface area (Å²) >= 11 is 0. The molecule has 0 N–H and O–H groups in total. The lowest BCUT2D eigenvalue weighted by Crippen LogP contribution is -2.50. The van der Waals surface area contributed by atoms with Gasteiger partial charge in [0.05, 0.1) is 31.0 Å². The van der Waals surface area contributed by atoms with Crippen LogP contribution in [0, 0.1) is 5.41 Å². The van der Waals surface area contributed by atoms with Gasteiger partial charge in [0.15, 0.2) is 0 Å². The first-order valence-corrected chi connectivity index (χ1v) is 11.3. The van der Waals surface area contributed by atoms with Crippen molar-refractivity contribution in [1.82, 2.24) is 4.90 Å². The van der Waals surface area contributed by atoms with Gasteiger partial charge in [-0.25, -0.2) is 9.59 Å². The van der Waals surface area contributed by atoms with Crippen LogP contribution in [0.1, 0.15) is 67.7 Å². The maximum atomic E-state index is 12.9.